The summed E-state index contributed by atoms with van der Waals surface area (Å²) in [7, 11) is -4.58. The van der Waals surface area contributed by atoms with Crippen LogP contribution in [0.1, 0.15) is 52.8 Å². The zero-order valence-corrected chi connectivity index (χ0v) is 29.7. The van der Waals surface area contributed by atoms with Gasteiger partial charge in [0.05, 0.1) is 30.7 Å². The Morgan fingerprint density at radius 1 is 1.06 bits per heavy atom. The summed E-state index contributed by atoms with van der Waals surface area (Å²) in [6, 6.07) is 12.0. The van der Waals surface area contributed by atoms with Crippen molar-refractivity contribution < 1.29 is 51.7 Å². The van der Waals surface area contributed by atoms with Gasteiger partial charge in [-0.3, -0.25) is 18.9 Å². The van der Waals surface area contributed by atoms with Crippen molar-refractivity contribution in [1.29, 1.82) is 5.26 Å². The summed E-state index contributed by atoms with van der Waals surface area (Å²) < 4.78 is 56.5. The number of benzene rings is 1. The summed E-state index contributed by atoms with van der Waals surface area (Å²) in [5, 5.41) is 17.7. The number of nitrogens with one attached hydrogen (secondary N) is 1. The van der Waals surface area contributed by atoms with Gasteiger partial charge in [-0.2, -0.15) is 15.4 Å². The minimum Gasteiger partial charge on any atom is -0.459 e. The van der Waals surface area contributed by atoms with Crippen molar-refractivity contribution in [3.63, 3.8) is 0 Å². The van der Waals surface area contributed by atoms with Crippen molar-refractivity contribution >= 4 is 37.0 Å². The molecular formula is C33H41N6O11P. The number of carbonyl (C=O) groups is 3. The first-order valence-electron chi connectivity index (χ1n) is 16.4. The van der Waals surface area contributed by atoms with Gasteiger partial charge in [-0.25, -0.2) is 14.1 Å². The van der Waals surface area contributed by atoms with Gasteiger partial charge in [0.25, 0.3) is 0 Å². The van der Waals surface area contributed by atoms with E-state index in [1.165, 1.54) is 29.9 Å². The second-order valence-corrected chi connectivity index (χ2v) is 14.5. The highest BCUT2D eigenvalue weighted by Gasteiger charge is 2.62. The molecule has 0 bridgehead atoms. The van der Waals surface area contributed by atoms with Crippen LogP contribution in [0, 0.1) is 23.2 Å². The quantitative estimate of drug-likeness (QED) is 0.138. The predicted octanol–water partition coefficient (Wildman–Crippen LogP) is 3.29. The van der Waals surface area contributed by atoms with Crippen LogP contribution in [0.4, 0.5) is 5.82 Å². The standard InChI is InChI=1S/C33H41N6O11P/c1-19(2)30(40)47-27-26(24-11-12-25-29(35)36-18-37-39(24)25)49-33(16-34,28(27)48-31(41)20(3)4)17-45-51(43,50-22-9-7-6-8-10-22)38-21(5)32(42)46-23-13-14-44-15-23/h6-12,18-21,23,26-28H,13-15,17H2,1-5H3,(H,38,43)(H2,35,36,37)/t21-,23-,26-,27-,28-,33+,51-/m0/s1. The zero-order chi connectivity index (χ0) is 36.9. The van der Waals surface area contributed by atoms with Crippen LogP contribution >= 0.6 is 7.75 Å². The molecule has 0 saturated carbocycles. The lowest BCUT2D eigenvalue weighted by molar-refractivity contribution is -0.173. The maximum atomic E-state index is 14.5. The number of hydrogen-bond acceptors (Lipinski definition) is 15. The molecule has 2 aliphatic heterocycles. The molecule has 3 aromatic rings. The van der Waals surface area contributed by atoms with E-state index in [-0.39, 0.29) is 23.9 Å². The fourth-order valence-corrected chi connectivity index (χ4v) is 6.83. The first-order chi connectivity index (χ1) is 24.3. The molecule has 0 aliphatic carbocycles. The topological polar surface area (TPSA) is 225 Å². The summed E-state index contributed by atoms with van der Waals surface area (Å²) in [6.45, 7) is 7.60. The minimum atomic E-state index is -4.58. The van der Waals surface area contributed by atoms with Crippen LogP contribution < -0.4 is 15.3 Å². The molecule has 274 valence electrons. The molecule has 51 heavy (non-hydrogen) atoms. The van der Waals surface area contributed by atoms with Gasteiger partial charge in [0, 0.05) is 6.42 Å². The summed E-state index contributed by atoms with van der Waals surface area (Å²) in [5.74, 6) is -3.21. The number of para-hydroxylation sites is 1. The molecular weight excluding hydrogens is 687 g/mol. The van der Waals surface area contributed by atoms with Crippen molar-refractivity contribution in [3.05, 3.63) is 54.5 Å². The lowest BCUT2D eigenvalue weighted by atomic mass is 9.95. The Morgan fingerprint density at radius 3 is 2.41 bits per heavy atom. The Bertz CT molecular complexity index is 1810. The lowest BCUT2D eigenvalue weighted by Crippen LogP contribution is -2.50. The number of nitrogen functional groups attached to an aromatic ring is 1. The maximum absolute atomic E-state index is 14.5. The molecule has 0 unspecified atom stereocenters. The van der Waals surface area contributed by atoms with Crippen LogP contribution in [0.2, 0.25) is 0 Å². The Kier molecular flexibility index (Phi) is 11.6. The smallest absolute Gasteiger partial charge is 0.459 e. The van der Waals surface area contributed by atoms with Gasteiger partial charge in [-0.05, 0) is 31.2 Å². The van der Waals surface area contributed by atoms with Crippen LogP contribution in [0.15, 0.2) is 48.8 Å². The number of rotatable bonds is 14. The van der Waals surface area contributed by atoms with Gasteiger partial charge in [-0.1, -0.05) is 45.9 Å². The fraction of sp³-hybridized carbons (Fsp3) is 0.515. The Hall–Kier alpha value is -4.59. The van der Waals surface area contributed by atoms with E-state index in [9.17, 15) is 24.2 Å². The van der Waals surface area contributed by atoms with Gasteiger partial charge in [0.15, 0.2) is 18.0 Å². The largest absolute Gasteiger partial charge is 0.459 e. The molecule has 4 heterocycles. The Labute approximate surface area is 294 Å². The van der Waals surface area contributed by atoms with Gasteiger partial charge < -0.3 is 33.9 Å². The third kappa shape index (κ3) is 8.49. The third-order valence-electron chi connectivity index (χ3n) is 8.12. The molecule has 18 heteroatoms. The third-order valence-corrected chi connectivity index (χ3v) is 9.74. The van der Waals surface area contributed by atoms with Gasteiger partial charge in [0.1, 0.15) is 48.5 Å². The molecule has 7 atom stereocenters. The molecule has 3 N–H and O–H groups in total. The number of nitrogens with zero attached hydrogens (tertiary/aromatic N) is 4. The molecule has 2 saturated heterocycles. The first kappa shape index (κ1) is 37.7. The molecule has 17 nitrogen and oxygen atoms in total. The molecule has 0 radical (unpaired) electrons. The molecule has 2 aliphatic rings. The second kappa shape index (κ2) is 15.7. The van der Waals surface area contributed by atoms with Crippen molar-refractivity contribution in [3.8, 4) is 11.8 Å². The molecule has 1 aromatic carbocycles. The van der Waals surface area contributed by atoms with E-state index in [1.807, 2.05) is 6.07 Å². The van der Waals surface area contributed by atoms with E-state index < -0.39 is 80.2 Å². The summed E-state index contributed by atoms with van der Waals surface area (Å²) in [6.07, 6.45) is -3.10. The number of anilines is 1. The van der Waals surface area contributed by atoms with Gasteiger partial charge in [0.2, 0.25) is 5.60 Å². The zero-order valence-electron chi connectivity index (χ0n) is 28.8. The number of fused-ring (bicyclic) bond motifs is 1. The van der Waals surface area contributed by atoms with Crippen molar-refractivity contribution in [2.45, 2.75) is 77.1 Å². The van der Waals surface area contributed by atoms with Gasteiger partial charge in [-0.15, -0.1) is 0 Å². The number of carbonyl (C=O) groups excluding carboxylic acids is 3. The second-order valence-electron chi connectivity index (χ2n) is 12.8. The van der Waals surface area contributed by atoms with Crippen LogP contribution in [0.5, 0.6) is 5.75 Å². The van der Waals surface area contributed by atoms with Crippen LogP contribution in [0.3, 0.4) is 0 Å². The van der Waals surface area contributed by atoms with E-state index in [2.05, 4.69) is 15.2 Å². The first-order valence-corrected chi connectivity index (χ1v) is 17.9. The number of nitriles is 1. The van der Waals surface area contributed by atoms with E-state index in [4.69, 9.17) is 38.5 Å². The molecule has 0 spiro atoms. The number of hydrogen-bond donors (Lipinski definition) is 2. The number of esters is 3. The van der Waals surface area contributed by atoms with Gasteiger partial charge >= 0.3 is 25.7 Å². The molecule has 5 rings (SSSR count). The van der Waals surface area contributed by atoms with E-state index >= 15 is 0 Å². The van der Waals surface area contributed by atoms with Crippen LogP contribution in [-0.4, -0.2) is 82.3 Å². The summed E-state index contributed by atoms with van der Waals surface area (Å²) in [5.41, 5.74) is 4.47. The number of ether oxygens (including phenoxy) is 5. The molecule has 2 aromatic heterocycles. The summed E-state index contributed by atoms with van der Waals surface area (Å²) >= 11 is 0. The van der Waals surface area contributed by atoms with Crippen LogP contribution in [-0.2, 0) is 47.2 Å². The minimum absolute atomic E-state index is 0.109. The van der Waals surface area contributed by atoms with Crippen molar-refractivity contribution in [2.75, 3.05) is 25.6 Å². The maximum Gasteiger partial charge on any atom is 0.459 e. The van der Waals surface area contributed by atoms with E-state index in [0.717, 1.165) is 0 Å². The monoisotopic (exact) mass is 728 g/mol. The molecule has 2 fully saturated rings. The molecule has 0 amide bonds. The SMILES string of the molecule is CC(C)C(=O)O[C@H]1[C@H](c2ccc3c(N)ncnn23)O[C@](C#N)(CO[P@@](=O)(N[C@@H](C)C(=O)O[C@H]2CCOC2)Oc2ccccc2)[C@H]1OC(=O)C(C)C. The highest BCUT2D eigenvalue weighted by atomic mass is 31.2. The predicted molar refractivity (Wildman–Crippen MR) is 178 cm³/mol. The highest BCUT2D eigenvalue weighted by Crippen LogP contribution is 2.50. The summed E-state index contributed by atoms with van der Waals surface area (Å²) in [4.78, 5) is 43.2. The average Bonchev–Trinajstić information content (AvgIpc) is 3.84. The van der Waals surface area contributed by atoms with E-state index in [1.54, 1.807) is 58.0 Å². The highest BCUT2D eigenvalue weighted by molar-refractivity contribution is 7.52. The Morgan fingerprint density at radius 2 is 1.76 bits per heavy atom. The Balaban J connectivity index is 1.53. The fourth-order valence-electron chi connectivity index (χ4n) is 5.31. The van der Waals surface area contributed by atoms with Crippen molar-refractivity contribution in [2.24, 2.45) is 11.8 Å². The van der Waals surface area contributed by atoms with Crippen LogP contribution in [0.25, 0.3) is 5.52 Å². The number of aromatic nitrogens is 3. The van der Waals surface area contributed by atoms with Crippen molar-refractivity contribution in [1.82, 2.24) is 19.7 Å². The van der Waals surface area contributed by atoms with E-state index in [0.29, 0.717) is 18.5 Å². The normalized spacial score (nSPS) is 24.9. The number of nitrogens with two attached hydrogens (primary N) is 1. The lowest BCUT2D eigenvalue weighted by Gasteiger charge is -2.31. The average molecular weight is 729 g/mol.